The second-order valence-electron chi connectivity index (χ2n) is 2.87. The molecular weight excluding hydrogens is 213 g/mol. The van der Waals surface area contributed by atoms with Gasteiger partial charge in [-0.3, -0.25) is 0 Å². The second kappa shape index (κ2) is 4.21. The third-order valence-electron chi connectivity index (χ3n) is 1.80. The Morgan fingerprint density at radius 2 is 2.07 bits per heavy atom. The first-order chi connectivity index (χ1) is 6.50. The van der Waals surface area contributed by atoms with E-state index in [2.05, 4.69) is 0 Å². The fraction of sp³-hybridized carbons (Fsp3) is 0.556. The van der Waals surface area contributed by atoms with Gasteiger partial charge in [-0.2, -0.15) is 13.2 Å². The molecule has 1 rings (SSSR count). The molecule has 0 aliphatic rings. The zero-order valence-electron chi connectivity index (χ0n) is 7.94. The van der Waals surface area contributed by atoms with Crippen molar-refractivity contribution < 1.29 is 17.9 Å². The Labute approximate surface area is 84.5 Å². The first-order valence-electron chi connectivity index (χ1n) is 4.22. The van der Waals surface area contributed by atoms with Crippen molar-refractivity contribution in [2.45, 2.75) is 25.9 Å². The van der Waals surface area contributed by atoms with Gasteiger partial charge >= 0.3 is 6.18 Å². The Morgan fingerprint density at radius 3 is 2.50 bits per heavy atom. The Kier molecular flexibility index (Phi) is 3.42. The molecule has 0 atom stereocenters. The Morgan fingerprint density at radius 1 is 1.43 bits per heavy atom. The van der Waals surface area contributed by atoms with Crippen molar-refractivity contribution in [2.24, 2.45) is 0 Å². The molecule has 1 aromatic heterocycles. The van der Waals surface area contributed by atoms with Crippen molar-refractivity contribution in [1.82, 2.24) is 0 Å². The molecule has 0 spiro atoms. The van der Waals surface area contributed by atoms with E-state index in [-0.39, 0.29) is 5.75 Å². The molecule has 0 aromatic carbocycles. The predicted octanol–water partition coefficient (Wildman–Crippen LogP) is 3.73. The molecule has 1 nitrogen and oxygen atoms in total. The van der Waals surface area contributed by atoms with Crippen LogP contribution in [0.4, 0.5) is 13.2 Å². The van der Waals surface area contributed by atoms with Gasteiger partial charge in [-0.15, -0.1) is 11.3 Å². The van der Waals surface area contributed by atoms with Crippen LogP contribution in [0.15, 0.2) is 5.38 Å². The lowest BCUT2D eigenvalue weighted by Gasteiger charge is -2.07. The molecule has 80 valence electrons. The monoisotopic (exact) mass is 224 g/mol. The summed E-state index contributed by atoms with van der Waals surface area (Å²) < 4.78 is 42.0. The van der Waals surface area contributed by atoms with Crippen molar-refractivity contribution in [3.05, 3.63) is 15.8 Å². The van der Waals surface area contributed by atoms with Gasteiger partial charge in [0.25, 0.3) is 0 Å². The highest BCUT2D eigenvalue weighted by Crippen LogP contribution is 2.43. The summed E-state index contributed by atoms with van der Waals surface area (Å²) in [4.78, 5) is -0.636. The maximum Gasteiger partial charge on any atom is 0.429 e. The zero-order valence-corrected chi connectivity index (χ0v) is 8.76. The number of aryl methyl sites for hydroxylation is 1. The number of methoxy groups -OCH3 is 1. The van der Waals surface area contributed by atoms with Crippen molar-refractivity contribution in [1.29, 1.82) is 0 Å². The summed E-state index contributed by atoms with van der Waals surface area (Å²) in [5.41, 5.74) is 0.646. The van der Waals surface area contributed by atoms with Crippen LogP contribution in [0.1, 0.15) is 23.8 Å². The van der Waals surface area contributed by atoms with Crippen LogP contribution in [0, 0.1) is 0 Å². The standard InChI is InChI=1S/C9H11F3OS/c1-3-4-6-5-14-8(7(6)13-2)9(10,11)12/h5H,3-4H2,1-2H3. The fourth-order valence-corrected chi connectivity index (χ4v) is 2.18. The lowest BCUT2D eigenvalue weighted by atomic mass is 10.2. The van der Waals surface area contributed by atoms with Gasteiger partial charge in [0.1, 0.15) is 5.75 Å². The highest BCUT2D eigenvalue weighted by atomic mass is 32.1. The van der Waals surface area contributed by atoms with E-state index in [9.17, 15) is 13.2 Å². The Bertz CT molecular complexity index is 303. The normalized spacial score (nSPS) is 11.8. The van der Waals surface area contributed by atoms with Gasteiger partial charge < -0.3 is 4.74 Å². The zero-order chi connectivity index (χ0) is 10.8. The van der Waals surface area contributed by atoms with Crippen LogP contribution in [0.2, 0.25) is 0 Å². The number of thiophene rings is 1. The third-order valence-corrected chi connectivity index (χ3v) is 2.85. The smallest absolute Gasteiger partial charge is 0.429 e. The summed E-state index contributed by atoms with van der Waals surface area (Å²) in [6.07, 6.45) is -2.87. The van der Waals surface area contributed by atoms with Crippen molar-refractivity contribution in [2.75, 3.05) is 7.11 Å². The van der Waals surface area contributed by atoms with Crippen molar-refractivity contribution >= 4 is 11.3 Å². The molecule has 0 aliphatic heterocycles. The van der Waals surface area contributed by atoms with E-state index in [4.69, 9.17) is 4.74 Å². The maximum atomic E-state index is 12.4. The topological polar surface area (TPSA) is 9.23 Å². The summed E-state index contributed by atoms with van der Waals surface area (Å²) in [7, 11) is 1.27. The summed E-state index contributed by atoms with van der Waals surface area (Å²) in [5, 5.41) is 1.52. The van der Waals surface area contributed by atoms with E-state index in [0.29, 0.717) is 23.3 Å². The minimum Gasteiger partial charge on any atom is -0.495 e. The number of hydrogen-bond donors (Lipinski definition) is 0. The van der Waals surface area contributed by atoms with Gasteiger partial charge in [-0.25, -0.2) is 0 Å². The van der Waals surface area contributed by atoms with Gasteiger partial charge in [-0.05, 0) is 11.8 Å². The van der Waals surface area contributed by atoms with Crippen LogP contribution in [0.3, 0.4) is 0 Å². The molecule has 0 saturated heterocycles. The van der Waals surface area contributed by atoms with Crippen LogP contribution in [0.5, 0.6) is 5.75 Å². The second-order valence-corrected chi connectivity index (χ2v) is 3.75. The maximum absolute atomic E-state index is 12.4. The van der Waals surface area contributed by atoms with Gasteiger partial charge in [0, 0.05) is 5.56 Å². The fourth-order valence-electron chi connectivity index (χ4n) is 1.24. The minimum atomic E-state index is -4.30. The molecule has 0 fully saturated rings. The number of hydrogen-bond acceptors (Lipinski definition) is 2. The van der Waals surface area contributed by atoms with Gasteiger partial charge in [0.2, 0.25) is 0 Å². The summed E-state index contributed by atoms with van der Waals surface area (Å²) in [6, 6.07) is 0. The largest absolute Gasteiger partial charge is 0.495 e. The summed E-state index contributed by atoms with van der Waals surface area (Å²) in [6.45, 7) is 1.92. The molecule has 0 aliphatic carbocycles. The number of halogens is 3. The molecule has 5 heteroatoms. The molecular formula is C9H11F3OS. The van der Waals surface area contributed by atoms with Crippen LogP contribution >= 0.6 is 11.3 Å². The predicted molar refractivity (Wildman–Crippen MR) is 49.9 cm³/mol. The van der Waals surface area contributed by atoms with E-state index in [0.717, 1.165) is 6.42 Å². The molecule has 1 aromatic rings. The van der Waals surface area contributed by atoms with Crippen LogP contribution in [-0.4, -0.2) is 7.11 Å². The van der Waals surface area contributed by atoms with E-state index >= 15 is 0 Å². The Balaban J connectivity index is 3.07. The number of ether oxygens (including phenoxy) is 1. The minimum absolute atomic E-state index is 0.00986. The van der Waals surface area contributed by atoms with Gasteiger partial charge in [-0.1, -0.05) is 13.3 Å². The number of rotatable bonds is 3. The Hall–Kier alpha value is -0.710. The summed E-state index contributed by atoms with van der Waals surface area (Å²) in [5.74, 6) is -0.00986. The van der Waals surface area contributed by atoms with Crippen molar-refractivity contribution in [3.8, 4) is 5.75 Å². The molecule has 0 amide bonds. The highest BCUT2D eigenvalue weighted by Gasteiger charge is 2.37. The third kappa shape index (κ3) is 2.20. The first-order valence-corrected chi connectivity index (χ1v) is 5.10. The molecule has 0 unspecified atom stereocenters. The van der Waals surface area contributed by atoms with E-state index in [1.54, 1.807) is 0 Å². The number of alkyl halides is 3. The van der Waals surface area contributed by atoms with Gasteiger partial charge in [0.05, 0.1) is 7.11 Å². The van der Waals surface area contributed by atoms with Crippen molar-refractivity contribution in [3.63, 3.8) is 0 Å². The van der Waals surface area contributed by atoms with Crippen LogP contribution in [0.25, 0.3) is 0 Å². The molecule has 1 heterocycles. The molecule has 0 N–H and O–H groups in total. The molecule has 0 bridgehead atoms. The average Bonchev–Trinajstić information content (AvgIpc) is 2.47. The lowest BCUT2D eigenvalue weighted by molar-refractivity contribution is -0.135. The summed E-state index contributed by atoms with van der Waals surface area (Å²) >= 11 is 0.698. The van der Waals surface area contributed by atoms with E-state index < -0.39 is 11.1 Å². The van der Waals surface area contributed by atoms with Crippen LogP contribution < -0.4 is 4.74 Å². The van der Waals surface area contributed by atoms with Gasteiger partial charge in [0.15, 0.2) is 4.88 Å². The molecule has 14 heavy (non-hydrogen) atoms. The SMILES string of the molecule is CCCc1csc(C(F)(F)F)c1OC. The quantitative estimate of drug-likeness (QED) is 0.760. The highest BCUT2D eigenvalue weighted by molar-refractivity contribution is 7.10. The molecule has 0 radical (unpaired) electrons. The first kappa shape index (κ1) is 11.4. The molecule has 0 saturated carbocycles. The lowest BCUT2D eigenvalue weighted by Crippen LogP contribution is -2.04. The van der Waals surface area contributed by atoms with E-state index in [1.165, 1.54) is 12.5 Å². The average molecular weight is 224 g/mol. The van der Waals surface area contributed by atoms with E-state index in [1.807, 2.05) is 6.92 Å². The van der Waals surface area contributed by atoms with Crippen LogP contribution in [-0.2, 0) is 12.6 Å².